The summed E-state index contributed by atoms with van der Waals surface area (Å²) in [5.41, 5.74) is 1.03. The van der Waals surface area contributed by atoms with E-state index in [0.29, 0.717) is 0 Å². The first-order valence-corrected chi connectivity index (χ1v) is 6.78. The minimum Gasteiger partial charge on any atom is -0.306 e. The first-order valence-electron chi connectivity index (χ1n) is 6.78. The lowest BCUT2D eigenvalue weighted by atomic mass is 9.71. The van der Waals surface area contributed by atoms with Crippen molar-refractivity contribution in [2.75, 3.05) is 20.1 Å². The van der Waals surface area contributed by atoms with Crippen molar-refractivity contribution in [3.63, 3.8) is 0 Å². The Morgan fingerprint density at radius 2 is 1.95 bits per heavy atom. The van der Waals surface area contributed by atoms with Crippen molar-refractivity contribution >= 4 is 0 Å². The van der Waals surface area contributed by atoms with Crippen LogP contribution in [-0.2, 0) is 6.42 Å². The van der Waals surface area contributed by atoms with E-state index in [1.54, 1.807) is 6.07 Å². The van der Waals surface area contributed by atoms with Crippen LogP contribution in [-0.4, -0.2) is 25.0 Å². The van der Waals surface area contributed by atoms with Crippen LogP contribution in [0.25, 0.3) is 0 Å². The van der Waals surface area contributed by atoms with Crippen molar-refractivity contribution in [2.45, 2.75) is 25.7 Å². The normalized spacial score (nSPS) is 19.3. The standard InChI is InChI=1S/C16H21F2N/c1-3-6-16(7-9-19(2)10-8-16)12-13-4-5-14(17)15(18)11-13/h3-5,11H,1,6-10,12H2,2H3. The van der Waals surface area contributed by atoms with E-state index in [-0.39, 0.29) is 5.41 Å². The van der Waals surface area contributed by atoms with Crippen LogP contribution >= 0.6 is 0 Å². The molecule has 1 aliphatic heterocycles. The fraction of sp³-hybridized carbons (Fsp3) is 0.500. The molecule has 1 aromatic rings. The van der Waals surface area contributed by atoms with Gasteiger partial charge in [-0.15, -0.1) is 6.58 Å². The maximum absolute atomic E-state index is 13.3. The third kappa shape index (κ3) is 3.41. The number of hydrogen-bond acceptors (Lipinski definition) is 1. The Labute approximate surface area is 113 Å². The van der Waals surface area contributed by atoms with E-state index in [1.807, 2.05) is 6.08 Å². The van der Waals surface area contributed by atoms with Crippen molar-refractivity contribution in [3.8, 4) is 0 Å². The molecule has 104 valence electrons. The molecule has 19 heavy (non-hydrogen) atoms. The summed E-state index contributed by atoms with van der Waals surface area (Å²) in [7, 11) is 2.12. The quantitative estimate of drug-likeness (QED) is 0.749. The second kappa shape index (κ2) is 5.83. The molecule has 0 amide bonds. The fourth-order valence-electron chi connectivity index (χ4n) is 2.93. The number of halogens is 2. The Morgan fingerprint density at radius 1 is 1.26 bits per heavy atom. The summed E-state index contributed by atoms with van der Waals surface area (Å²) in [6, 6.07) is 4.25. The van der Waals surface area contributed by atoms with Crippen molar-refractivity contribution in [1.82, 2.24) is 4.90 Å². The Morgan fingerprint density at radius 3 is 2.53 bits per heavy atom. The second-order valence-electron chi connectivity index (χ2n) is 5.72. The fourth-order valence-corrected chi connectivity index (χ4v) is 2.93. The second-order valence-corrected chi connectivity index (χ2v) is 5.72. The molecule has 0 unspecified atom stereocenters. The molecule has 1 aromatic carbocycles. The summed E-state index contributed by atoms with van der Waals surface area (Å²) in [6.45, 7) is 5.95. The molecule has 1 nitrogen and oxygen atoms in total. The molecular formula is C16H21F2N. The largest absolute Gasteiger partial charge is 0.306 e. The number of benzene rings is 1. The van der Waals surface area contributed by atoms with Crippen LogP contribution in [0.1, 0.15) is 24.8 Å². The van der Waals surface area contributed by atoms with Crippen molar-refractivity contribution in [1.29, 1.82) is 0 Å². The third-order valence-corrected chi connectivity index (χ3v) is 4.19. The van der Waals surface area contributed by atoms with Crippen LogP contribution in [0.3, 0.4) is 0 Å². The smallest absolute Gasteiger partial charge is 0.159 e. The van der Waals surface area contributed by atoms with Gasteiger partial charge in [-0.05, 0) is 68.9 Å². The van der Waals surface area contributed by atoms with Crippen LogP contribution in [0.2, 0.25) is 0 Å². The lowest BCUT2D eigenvalue weighted by Gasteiger charge is -2.40. The van der Waals surface area contributed by atoms with E-state index in [1.165, 1.54) is 12.1 Å². The van der Waals surface area contributed by atoms with Gasteiger partial charge in [0.1, 0.15) is 0 Å². The molecule has 1 fully saturated rings. The van der Waals surface area contributed by atoms with E-state index in [2.05, 4.69) is 18.5 Å². The predicted molar refractivity (Wildman–Crippen MR) is 74.0 cm³/mol. The molecule has 0 N–H and O–H groups in total. The van der Waals surface area contributed by atoms with Gasteiger partial charge in [0.25, 0.3) is 0 Å². The van der Waals surface area contributed by atoms with Gasteiger partial charge in [-0.2, -0.15) is 0 Å². The molecule has 0 atom stereocenters. The van der Waals surface area contributed by atoms with Gasteiger partial charge in [-0.1, -0.05) is 12.1 Å². The topological polar surface area (TPSA) is 3.24 Å². The number of nitrogens with zero attached hydrogens (tertiary/aromatic N) is 1. The number of hydrogen-bond donors (Lipinski definition) is 0. The number of allylic oxidation sites excluding steroid dienone is 1. The lowest BCUT2D eigenvalue weighted by Crippen LogP contribution is -2.39. The molecule has 2 rings (SSSR count). The number of rotatable bonds is 4. The summed E-state index contributed by atoms with van der Waals surface area (Å²) < 4.78 is 26.3. The highest BCUT2D eigenvalue weighted by Gasteiger charge is 2.32. The van der Waals surface area contributed by atoms with E-state index in [9.17, 15) is 8.78 Å². The third-order valence-electron chi connectivity index (χ3n) is 4.19. The van der Waals surface area contributed by atoms with Crippen LogP contribution < -0.4 is 0 Å². The van der Waals surface area contributed by atoms with Gasteiger partial charge in [-0.3, -0.25) is 0 Å². The average molecular weight is 265 g/mol. The monoisotopic (exact) mass is 265 g/mol. The summed E-state index contributed by atoms with van der Waals surface area (Å²) in [4.78, 5) is 2.31. The predicted octanol–water partition coefficient (Wildman–Crippen LogP) is 3.80. The van der Waals surface area contributed by atoms with E-state index in [4.69, 9.17) is 0 Å². The summed E-state index contributed by atoms with van der Waals surface area (Å²) in [5, 5.41) is 0. The molecule has 0 spiro atoms. The van der Waals surface area contributed by atoms with Crippen LogP contribution in [0.4, 0.5) is 8.78 Å². The van der Waals surface area contributed by atoms with E-state index >= 15 is 0 Å². The summed E-state index contributed by atoms with van der Waals surface area (Å²) >= 11 is 0. The van der Waals surface area contributed by atoms with Crippen LogP contribution in [0.5, 0.6) is 0 Å². The molecule has 0 aromatic heterocycles. The minimum atomic E-state index is -0.773. The Kier molecular flexibility index (Phi) is 4.35. The van der Waals surface area contributed by atoms with Gasteiger partial charge in [0.15, 0.2) is 11.6 Å². The molecule has 1 heterocycles. The molecule has 1 aliphatic rings. The lowest BCUT2D eigenvalue weighted by molar-refractivity contribution is 0.124. The van der Waals surface area contributed by atoms with Gasteiger partial charge < -0.3 is 4.90 Å². The zero-order valence-electron chi connectivity index (χ0n) is 11.5. The maximum Gasteiger partial charge on any atom is 0.159 e. The highest BCUT2D eigenvalue weighted by molar-refractivity contribution is 5.20. The van der Waals surface area contributed by atoms with Crippen molar-refractivity contribution in [3.05, 3.63) is 48.1 Å². The van der Waals surface area contributed by atoms with Crippen molar-refractivity contribution < 1.29 is 8.78 Å². The highest BCUT2D eigenvalue weighted by atomic mass is 19.2. The minimum absolute atomic E-state index is 0.151. The number of piperidine rings is 1. The van der Waals surface area contributed by atoms with Crippen molar-refractivity contribution in [2.24, 2.45) is 5.41 Å². The summed E-state index contributed by atoms with van der Waals surface area (Å²) in [5.74, 6) is -1.52. The summed E-state index contributed by atoms with van der Waals surface area (Å²) in [6.07, 6.45) is 5.83. The SMILES string of the molecule is C=CCC1(Cc2ccc(F)c(F)c2)CCN(C)CC1. The maximum atomic E-state index is 13.3. The van der Waals surface area contributed by atoms with Gasteiger partial charge in [0.05, 0.1) is 0 Å². The Hall–Kier alpha value is -1.22. The van der Waals surface area contributed by atoms with Gasteiger partial charge in [-0.25, -0.2) is 8.78 Å². The van der Waals surface area contributed by atoms with Crippen LogP contribution in [0, 0.1) is 17.0 Å². The molecule has 0 radical (unpaired) electrons. The van der Waals surface area contributed by atoms with Gasteiger partial charge >= 0.3 is 0 Å². The van der Waals surface area contributed by atoms with E-state index in [0.717, 1.165) is 44.3 Å². The van der Waals surface area contributed by atoms with E-state index < -0.39 is 11.6 Å². The first kappa shape index (κ1) is 14.2. The van der Waals surface area contributed by atoms with Gasteiger partial charge in [0.2, 0.25) is 0 Å². The number of likely N-dealkylation sites (tertiary alicyclic amines) is 1. The Bertz CT molecular complexity index is 448. The molecule has 3 heteroatoms. The zero-order valence-corrected chi connectivity index (χ0v) is 11.5. The molecule has 0 saturated carbocycles. The molecule has 0 bridgehead atoms. The van der Waals surface area contributed by atoms with Gasteiger partial charge in [0, 0.05) is 0 Å². The molecular weight excluding hydrogens is 244 g/mol. The first-order chi connectivity index (χ1) is 9.04. The highest BCUT2D eigenvalue weighted by Crippen LogP contribution is 2.38. The zero-order chi connectivity index (χ0) is 13.9. The van der Waals surface area contributed by atoms with Crippen LogP contribution in [0.15, 0.2) is 30.9 Å². The average Bonchev–Trinajstić information content (AvgIpc) is 2.38. The Balaban J connectivity index is 2.16. The molecule has 0 aliphatic carbocycles. The molecule has 1 saturated heterocycles.